The molecule has 0 spiro atoms. The summed E-state index contributed by atoms with van der Waals surface area (Å²) in [5.74, 6) is 0. The number of piperazine rings is 1. The molecule has 0 amide bonds. The van der Waals surface area contributed by atoms with Crippen LogP contribution in [0.1, 0.15) is 13.8 Å². The summed E-state index contributed by atoms with van der Waals surface area (Å²) in [5.41, 5.74) is 0. The molecule has 0 unspecified atom stereocenters. The standard InChI is InChI=1S/C9H21IN2/c1-9(2)11-5-7-12(8-6-11)10(3)4/h9H,5-8H2,1-4H3. The van der Waals surface area contributed by atoms with E-state index in [0.29, 0.717) is 0 Å². The van der Waals surface area contributed by atoms with E-state index < -0.39 is 20.1 Å². The third kappa shape index (κ3) is 2.85. The Morgan fingerprint density at radius 1 is 1.00 bits per heavy atom. The van der Waals surface area contributed by atoms with Crippen LogP contribution in [-0.2, 0) is 0 Å². The van der Waals surface area contributed by atoms with E-state index in [1.54, 1.807) is 0 Å². The molecule has 0 atom stereocenters. The second-order valence-corrected chi connectivity index (χ2v) is 9.21. The van der Waals surface area contributed by atoms with Crippen LogP contribution in [0.5, 0.6) is 0 Å². The number of hydrogen-bond donors (Lipinski definition) is 0. The van der Waals surface area contributed by atoms with Gasteiger partial charge in [0.15, 0.2) is 0 Å². The molecule has 3 heteroatoms. The van der Waals surface area contributed by atoms with Gasteiger partial charge in [-0.1, -0.05) is 0 Å². The molecule has 1 saturated heterocycles. The van der Waals surface area contributed by atoms with Gasteiger partial charge in [-0.05, 0) is 0 Å². The van der Waals surface area contributed by atoms with Gasteiger partial charge in [0.2, 0.25) is 0 Å². The maximum atomic E-state index is 2.71. The Hall–Kier alpha value is 0.650. The fraction of sp³-hybridized carbons (Fsp3) is 1.00. The molecule has 2 nitrogen and oxygen atoms in total. The Morgan fingerprint density at radius 3 is 1.83 bits per heavy atom. The van der Waals surface area contributed by atoms with Crippen molar-refractivity contribution in [2.75, 3.05) is 36.0 Å². The zero-order chi connectivity index (χ0) is 9.14. The molecule has 0 bridgehead atoms. The molecule has 0 N–H and O–H groups in total. The molecular formula is C9H21IN2. The van der Waals surface area contributed by atoms with Crippen LogP contribution in [0.2, 0.25) is 0 Å². The van der Waals surface area contributed by atoms with E-state index in [-0.39, 0.29) is 0 Å². The molecule has 1 aliphatic heterocycles. The number of alkyl halides is 2. The summed E-state index contributed by atoms with van der Waals surface area (Å²) < 4.78 is 2.71. The number of halogens is 1. The van der Waals surface area contributed by atoms with Crippen molar-refractivity contribution in [1.29, 1.82) is 0 Å². The fourth-order valence-electron chi connectivity index (χ4n) is 1.55. The predicted molar refractivity (Wildman–Crippen MR) is 64.2 cm³/mol. The van der Waals surface area contributed by atoms with Crippen molar-refractivity contribution in [3.8, 4) is 0 Å². The first-order valence-electron chi connectivity index (χ1n) is 4.60. The monoisotopic (exact) mass is 284 g/mol. The number of rotatable bonds is 2. The third-order valence-corrected chi connectivity index (χ3v) is 6.16. The van der Waals surface area contributed by atoms with Crippen molar-refractivity contribution in [2.24, 2.45) is 0 Å². The van der Waals surface area contributed by atoms with Crippen LogP contribution in [0.15, 0.2) is 0 Å². The average molecular weight is 284 g/mol. The Kier molecular flexibility index (Phi) is 4.26. The van der Waals surface area contributed by atoms with Crippen molar-refractivity contribution in [3.05, 3.63) is 0 Å². The molecule has 0 aromatic rings. The minimum absolute atomic E-state index is 0.661. The van der Waals surface area contributed by atoms with E-state index in [0.717, 1.165) is 6.04 Å². The number of nitrogens with zero attached hydrogens (tertiary/aromatic N) is 2. The Bertz CT molecular complexity index is 112. The summed E-state index contributed by atoms with van der Waals surface area (Å²) in [4.78, 5) is 7.46. The van der Waals surface area contributed by atoms with E-state index >= 15 is 0 Å². The van der Waals surface area contributed by atoms with Crippen LogP contribution in [0, 0.1) is 0 Å². The first-order chi connectivity index (χ1) is 5.61. The Labute approximate surface area is 84.0 Å². The number of hydrogen-bond acceptors (Lipinski definition) is 2. The van der Waals surface area contributed by atoms with Crippen molar-refractivity contribution in [1.82, 2.24) is 8.01 Å². The summed E-state index contributed by atoms with van der Waals surface area (Å²) in [5, 5.41) is 0. The molecule has 1 aliphatic rings. The predicted octanol–water partition coefficient (Wildman–Crippen LogP) is 1.69. The molecule has 0 aromatic carbocycles. The quantitative estimate of drug-likeness (QED) is 0.432. The van der Waals surface area contributed by atoms with Gasteiger partial charge in [0, 0.05) is 0 Å². The summed E-state index contributed by atoms with van der Waals surface area (Å²) in [6.07, 6.45) is 0. The summed E-state index contributed by atoms with van der Waals surface area (Å²) in [6.45, 7) is 9.79. The molecule has 12 heavy (non-hydrogen) atoms. The molecule has 1 rings (SSSR count). The van der Waals surface area contributed by atoms with Gasteiger partial charge in [-0.2, -0.15) is 0 Å². The molecule has 0 saturated carbocycles. The fourth-order valence-corrected chi connectivity index (χ4v) is 3.91. The Balaban J connectivity index is 2.30. The Morgan fingerprint density at radius 2 is 1.50 bits per heavy atom. The average Bonchev–Trinajstić information content (AvgIpc) is 2.04. The normalized spacial score (nSPS) is 23.2. The molecule has 0 aromatic heterocycles. The van der Waals surface area contributed by atoms with Gasteiger partial charge in [-0.3, -0.25) is 0 Å². The van der Waals surface area contributed by atoms with E-state index in [2.05, 4.69) is 31.7 Å². The van der Waals surface area contributed by atoms with Crippen LogP contribution in [0.4, 0.5) is 0 Å². The topological polar surface area (TPSA) is 6.48 Å². The van der Waals surface area contributed by atoms with Gasteiger partial charge in [0.25, 0.3) is 0 Å². The van der Waals surface area contributed by atoms with Gasteiger partial charge in [-0.15, -0.1) is 0 Å². The van der Waals surface area contributed by atoms with Gasteiger partial charge in [-0.25, -0.2) is 0 Å². The van der Waals surface area contributed by atoms with Gasteiger partial charge < -0.3 is 0 Å². The summed E-state index contributed by atoms with van der Waals surface area (Å²) >= 11 is -0.661. The van der Waals surface area contributed by atoms with Crippen LogP contribution >= 0.6 is 20.1 Å². The van der Waals surface area contributed by atoms with Crippen molar-refractivity contribution >= 4 is 20.1 Å². The van der Waals surface area contributed by atoms with E-state index in [1.807, 2.05) is 0 Å². The van der Waals surface area contributed by atoms with Crippen LogP contribution < -0.4 is 0 Å². The summed E-state index contributed by atoms with van der Waals surface area (Å²) in [7, 11) is 0. The molecular weight excluding hydrogens is 263 g/mol. The van der Waals surface area contributed by atoms with Crippen LogP contribution in [0.3, 0.4) is 0 Å². The van der Waals surface area contributed by atoms with Crippen molar-refractivity contribution in [2.45, 2.75) is 19.9 Å². The third-order valence-electron chi connectivity index (χ3n) is 2.47. The SMILES string of the molecule is CC(C)N1CCN(I(C)C)CC1. The first kappa shape index (κ1) is 10.7. The second kappa shape index (κ2) is 4.77. The van der Waals surface area contributed by atoms with E-state index in [1.165, 1.54) is 26.2 Å². The summed E-state index contributed by atoms with van der Waals surface area (Å²) in [6, 6.07) is 0.739. The van der Waals surface area contributed by atoms with Crippen LogP contribution in [-0.4, -0.2) is 50.1 Å². The molecule has 0 aliphatic carbocycles. The van der Waals surface area contributed by atoms with Crippen molar-refractivity contribution < 1.29 is 0 Å². The molecule has 0 radical (unpaired) electrons. The molecule has 1 heterocycles. The molecule has 1 fully saturated rings. The van der Waals surface area contributed by atoms with Gasteiger partial charge in [0.1, 0.15) is 0 Å². The second-order valence-electron chi connectivity index (χ2n) is 3.76. The van der Waals surface area contributed by atoms with Crippen molar-refractivity contribution in [3.63, 3.8) is 0 Å². The molecule has 74 valence electrons. The van der Waals surface area contributed by atoms with Gasteiger partial charge in [0.05, 0.1) is 0 Å². The van der Waals surface area contributed by atoms with Crippen LogP contribution in [0.25, 0.3) is 0 Å². The van der Waals surface area contributed by atoms with Gasteiger partial charge >= 0.3 is 84.0 Å². The van der Waals surface area contributed by atoms with E-state index in [4.69, 9.17) is 0 Å². The zero-order valence-electron chi connectivity index (χ0n) is 8.68. The first-order valence-corrected chi connectivity index (χ1v) is 9.88. The maximum absolute atomic E-state index is 2.71. The minimum atomic E-state index is -0.661. The zero-order valence-corrected chi connectivity index (χ0v) is 10.8. The van der Waals surface area contributed by atoms with E-state index in [9.17, 15) is 0 Å².